The fraction of sp³-hybridized carbons (Fsp3) is 0.750. The van der Waals surface area contributed by atoms with Crippen molar-refractivity contribution in [2.45, 2.75) is 80.1 Å². The Labute approximate surface area is 168 Å². The number of ketones is 4. The van der Waals surface area contributed by atoms with E-state index < -0.39 is 0 Å². The third-order valence-electron chi connectivity index (χ3n) is 2.67. The zero-order valence-corrected chi connectivity index (χ0v) is 18.5. The molecule has 0 aromatic carbocycles. The summed E-state index contributed by atoms with van der Waals surface area (Å²) in [6.07, 6.45) is 3.50. The first-order valence-electron chi connectivity index (χ1n) is 9.33. The quantitative estimate of drug-likeness (QED) is 0.359. The molecule has 0 rings (SSSR count). The summed E-state index contributed by atoms with van der Waals surface area (Å²) < 4.78 is 4.92. The van der Waals surface area contributed by atoms with E-state index in [1.165, 1.54) is 13.8 Å². The molecule has 0 heterocycles. The Hall–Kier alpha value is -1.34. The van der Waals surface area contributed by atoms with Crippen LogP contribution in [-0.4, -0.2) is 47.2 Å². The third-order valence-corrected chi connectivity index (χ3v) is 3.75. The molecule has 7 heteroatoms. The van der Waals surface area contributed by atoms with Crippen LogP contribution in [0.25, 0.3) is 0 Å². The first kappa shape index (κ1) is 30.4. The lowest BCUT2D eigenvalue weighted by Crippen LogP contribution is -2.02. The maximum absolute atomic E-state index is 10.8. The van der Waals surface area contributed by atoms with Crippen molar-refractivity contribution in [3.63, 3.8) is 0 Å². The highest BCUT2D eigenvalue weighted by Gasteiger charge is 2.02. The molecular weight excluding hydrogens is 368 g/mol. The second-order valence-corrected chi connectivity index (χ2v) is 6.96. The van der Waals surface area contributed by atoms with E-state index in [0.717, 1.165) is 24.6 Å². The van der Waals surface area contributed by atoms with Crippen LogP contribution in [-0.2, 0) is 28.7 Å². The van der Waals surface area contributed by atoms with Crippen LogP contribution in [0.3, 0.4) is 0 Å². The summed E-state index contributed by atoms with van der Waals surface area (Å²) in [5, 5.41) is 0.123. The fourth-order valence-electron chi connectivity index (χ4n) is 1.46. The summed E-state index contributed by atoms with van der Waals surface area (Å²) >= 11 is 1.12. The molecule has 0 spiro atoms. The van der Waals surface area contributed by atoms with Crippen molar-refractivity contribution in [2.75, 3.05) is 19.0 Å². The molecule has 0 aromatic rings. The predicted octanol–water partition coefficient (Wildman–Crippen LogP) is 3.97. The summed E-state index contributed by atoms with van der Waals surface area (Å²) in [6.45, 7) is 11.6. The Morgan fingerprint density at radius 3 is 1.67 bits per heavy atom. The predicted molar refractivity (Wildman–Crippen MR) is 110 cm³/mol. The molecule has 0 aromatic heterocycles. The molecule has 0 saturated carbocycles. The van der Waals surface area contributed by atoms with Gasteiger partial charge in [0.1, 0.15) is 23.1 Å². The molecule has 0 radical (unpaired) electrons. The molecule has 27 heavy (non-hydrogen) atoms. The SMILES string of the molecule is CCCC(=O)CC(C)=O.CCCC(=O)SCC(C)=O.CCOCCC(C)=O. The highest BCUT2D eigenvalue weighted by Crippen LogP contribution is 2.06. The third kappa shape index (κ3) is 36.4. The van der Waals surface area contributed by atoms with Crippen molar-refractivity contribution in [3.05, 3.63) is 0 Å². The molecule has 0 aliphatic heterocycles. The van der Waals surface area contributed by atoms with Crippen LogP contribution in [0.15, 0.2) is 0 Å². The number of hydrogen-bond donors (Lipinski definition) is 0. The van der Waals surface area contributed by atoms with E-state index in [0.29, 0.717) is 38.2 Å². The molecule has 0 N–H and O–H groups in total. The van der Waals surface area contributed by atoms with Gasteiger partial charge in [-0.2, -0.15) is 0 Å². The molecule has 0 aliphatic rings. The van der Waals surface area contributed by atoms with E-state index in [1.54, 1.807) is 6.92 Å². The minimum atomic E-state index is -0.0338. The van der Waals surface area contributed by atoms with Crippen molar-refractivity contribution >= 4 is 40.0 Å². The molecule has 0 amide bonds. The van der Waals surface area contributed by atoms with Gasteiger partial charge in [-0.15, -0.1) is 0 Å². The van der Waals surface area contributed by atoms with Crippen LogP contribution >= 0.6 is 11.8 Å². The fourth-order valence-corrected chi connectivity index (χ4v) is 2.18. The number of rotatable bonds is 12. The van der Waals surface area contributed by atoms with Crippen molar-refractivity contribution in [3.8, 4) is 0 Å². The summed E-state index contributed by atoms with van der Waals surface area (Å²) in [7, 11) is 0. The van der Waals surface area contributed by atoms with E-state index in [-0.39, 0.29) is 34.7 Å². The maximum atomic E-state index is 10.8. The van der Waals surface area contributed by atoms with Crippen molar-refractivity contribution in [1.29, 1.82) is 0 Å². The van der Waals surface area contributed by atoms with Gasteiger partial charge in [-0.1, -0.05) is 25.6 Å². The summed E-state index contributed by atoms with van der Waals surface area (Å²) in [6, 6.07) is 0. The highest BCUT2D eigenvalue weighted by atomic mass is 32.2. The molecule has 0 unspecified atom stereocenters. The van der Waals surface area contributed by atoms with Gasteiger partial charge in [0.15, 0.2) is 5.12 Å². The topological polar surface area (TPSA) is 94.6 Å². The normalized spacial score (nSPS) is 9.26. The minimum Gasteiger partial charge on any atom is -0.381 e. The van der Waals surface area contributed by atoms with Gasteiger partial charge in [-0.05, 0) is 40.5 Å². The summed E-state index contributed by atoms with van der Waals surface area (Å²) in [4.78, 5) is 52.3. The average molecular weight is 405 g/mol. The molecule has 158 valence electrons. The summed E-state index contributed by atoms with van der Waals surface area (Å²) in [5.74, 6) is 0.616. The molecule has 6 nitrogen and oxygen atoms in total. The van der Waals surface area contributed by atoms with Crippen molar-refractivity contribution in [1.82, 2.24) is 0 Å². The van der Waals surface area contributed by atoms with Gasteiger partial charge in [0.05, 0.1) is 18.8 Å². The smallest absolute Gasteiger partial charge is 0.189 e. The monoisotopic (exact) mass is 404 g/mol. The van der Waals surface area contributed by atoms with Crippen LogP contribution in [0.4, 0.5) is 0 Å². The van der Waals surface area contributed by atoms with Crippen LogP contribution in [0.2, 0.25) is 0 Å². The lowest BCUT2D eigenvalue weighted by Gasteiger charge is -1.94. The van der Waals surface area contributed by atoms with E-state index in [1.807, 2.05) is 20.8 Å². The number of hydrogen-bond acceptors (Lipinski definition) is 7. The van der Waals surface area contributed by atoms with Gasteiger partial charge in [-0.25, -0.2) is 0 Å². The molecular formula is C20H36O6S. The van der Waals surface area contributed by atoms with Gasteiger partial charge in [0.2, 0.25) is 0 Å². The minimum absolute atomic E-state index is 0.0338. The van der Waals surface area contributed by atoms with Crippen LogP contribution in [0, 0.1) is 0 Å². The number of ether oxygens (including phenoxy) is 1. The number of thioether (sulfide) groups is 1. The molecule has 0 saturated heterocycles. The second-order valence-electron chi connectivity index (χ2n) is 5.93. The first-order chi connectivity index (χ1) is 12.6. The summed E-state index contributed by atoms with van der Waals surface area (Å²) in [5.41, 5.74) is 0. The van der Waals surface area contributed by atoms with Crippen molar-refractivity contribution < 1.29 is 28.7 Å². The van der Waals surface area contributed by atoms with Gasteiger partial charge >= 0.3 is 0 Å². The van der Waals surface area contributed by atoms with E-state index in [2.05, 4.69) is 0 Å². The average Bonchev–Trinajstić information content (AvgIpc) is 2.54. The van der Waals surface area contributed by atoms with Gasteiger partial charge < -0.3 is 4.74 Å². The van der Waals surface area contributed by atoms with Gasteiger partial charge in [0.25, 0.3) is 0 Å². The Morgan fingerprint density at radius 1 is 0.741 bits per heavy atom. The van der Waals surface area contributed by atoms with Gasteiger partial charge in [-0.3, -0.25) is 24.0 Å². The lowest BCUT2D eigenvalue weighted by molar-refractivity contribution is -0.126. The Balaban J connectivity index is -0.000000322. The van der Waals surface area contributed by atoms with Gasteiger partial charge in [0, 0.05) is 25.9 Å². The molecule has 0 aliphatic carbocycles. The Morgan fingerprint density at radius 2 is 1.30 bits per heavy atom. The van der Waals surface area contributed by atoms with Crippen molar-refractivity contribution in [2.24, 2.45) is 0 Å². The zero-order valence-electron chi connectivity index (χ0n) is 17.7. The van der Waals surface area contributed by atoms with Crippen LogP contribution in [0.1, 0.15) is 80.1 Å². The Bertz CT molecular complexity index is 446. The molecule has 0 fully saturated rings. The largest absolute Gasteiger partial charge is 0.381 e. The first-order valence-corrected chi connectivity index (χ1v) is 10.3. The molecule has 0 atom stereocenters. The van der Waals surface area contributed by atoms with Crippen LogP contribution in [0.5, 0.6) is 0 Å². The number of Topliss-reactive ketones (excluding diaryl/α,β-unsaturated/α-hetero) is 4. The zero-order chi connectivity index (χ0) is 21.7. The standard InChI is InChI=1S/C7H12O2S.C7H12O2.C6H12O2/c1-3-4-7(9)10-5-6(2)8;1-3-4-7(9)5-6(2)8;1-3-8-5-4-6(2)7/h3-5H2,1-2H3;3-5H2,1-2H3;3-5H2,1-2H3. The number of carbonyl (C=O) groups is 5. The van der Waals surface area contributed by atoms with Crippen LogP contribution < -0.4 is 0 Å². The lowest BCUT2D eigenvalue weighted by atomic mass is 10.1. The highest BCUT2D eigenvalue weighted by molar-refractivity contribution is 8.14. The second kappa shape index (κ2) is 22.7. The number of carbonyl (C=O) groups excluding carboxylic acids is 5. The van der Waals surface area contributed by atoms with E-state index >= 15 is 0 Å². The van der Waals surface area contributed by atoms with E-state index in [9.17, 15) is 24.0 Å². The molecule has 0 bridgehead atoms. The Kier molecular flexibility index (Phi) is 25.6. The van der Waals surface area contributed by atoms with E-state index in [4.69, 9.17) is 4.74 Å². The maximum Gasteiger partial charge on any atom is 0.189 e.